The minimum absolute atomic E-state index is 0.173. The van der Waals surface area contributed by atoms with E-state index in [9.17, 15) is 14.4 Å². The van der Waals surface area contributed by atoms with Crippen molar-refractivity contribution in [3.8, 4) is 0 Å². The van der Waals surface area contributed by atoms with E-state index in [0.29, 0.717) is 5.39 Å². The first kappa shape index (κ1) is 18.9. The lowest BCUT2D eigenvalue weighted by atomic mass is 10.2. The number of benzene rings is 2. The molecule has 1 amide bonds. The Labute approximate surface area is 163 Å². The minimum Gasteiger partial charge on any atom is -0.449 e. The fourth-order valence-corrected chi connectivity index (χ4v) is 2.66. The predicted octanol–water partition coefficient (Wildman–Crippen LogP) is 4.28. The molecule has 3 rings (SSSR count). The van der Waals surface area contributed by atoms with Gasteiger partial charge in [0.05, 0.1) is 21.1 Å². The number of amides is 1. The van der Waals surface area contributed by atoms with Crippen LogP contribution in [-0.4, -0.2) is 18.0 Å². The standard InChI is InChI=1S/C19H13Cl2NO5/c1-10(18(24)22-13-7-4-6-12(20)17(13)21)26-19(25)16-9-14(23)11-5-2-3-8-15(11)27-16/h2-10H,1H3,(H,22,24)/t10-/m0/s1. The average molecular weight is 406 g/mol. The molecule has 8 heteroatoms. The molecule has 0 unspecified atom stereocenters. The number of hydrogen-bond donors (Lipinski definition) is 1. The normalized spacial score (nSPS) is 11.8. The molecule has 1 heterocycles. The smallest absolute Gasteiger partial charge is 0.375 e. The highest BCUT2D eigenvalue weighted by Crippen LogP contribution is 2.29. The third-order valence-electron chi connectivity index (χ3n) is 3.70. The molecule has 0 saturated heterocycles. The van der Waals surface area contributed by atoms with Crippen LogP contribution in [0.3, 0.4) is 0 Å². The van der Waals surface area contributed by atoms with Gasteiger partial charge < -0.3 is 14.5 Å². The highest BCUT2D eigenvalue weighted by Gasteiger charge is 2.22. The number of carbonyl (C=O) groups is 2. The summed E-state index contributed by atoms with van der Waals surface area (Å²) in [6.07, 6.45) is -1.16. The molecule has 0 bridgehead atoms. The molecule has 0 fully saturated rings. The quantitative estimate of drug-likeness (QED) is 0.654. The number of anilines is 1. The number of esters is 1. The second kappa shape index (κ2) is 7.82. The molecule has 1 atom stereocenters. The van der Waals surface area contributed by atoms with Gasteiger partial charge >= 0.3 is 5.97 Å². The van der Waals surface area contributed by atoms with E-state index in [1.807, 2.05) is 0 Å². The lowest BCUT2D eigenvalue weighted by Crippen LogP contribution is -2.30. The number of hydrogen-bond acceptors (Lipinski definition) is 5. The monoisotopic (exact) mass is 405 g/mol. The van der Waals surface area contributed by atoms with Gasteiger partial charge in [0.2, 0.25) is 5.76 Å². The SMILES string of the molecule is C[C@H](OC(=O)c1cc(=O)c2ccccc2o1)C(=O)Nc1cccc(Cl)c1Cl. The van der Waals surface area contributed by atoms with E-state index >= 15 is 0 Å². The molecule has 0 saturated carbocycles. The summed E-state index contributed by atoms with van der Waals surface area (Å²) >= 11 is 11.9. The second-order valence-electron chi connectivity index (χ2n) is 5.61. The molecule has 0 aliphatic carbocycles. The van der Waals surface area contributed by atoms with Crippen LogP contribution in [0.2, 0.25) is 10.0 Å². The van der Waals surface area contributed by atoms with Crippen LogP contribution in [0.5, 0.6) is 0 Å². The molecule has 0 radical (unpaired) electrons. The number of carbonyl (C=O) groups excluding carboxylic acids is 2. The van der Waals surface area contributed by atoms with Crippen molar-refractivity contribution in [1.29, 1.82) is 0 Å². The van der Waals surface area contributed by atoms with Gasteiger partial charge in [-0.05, 0) is 31.2 Å². The highest BCUT2D eigenvalue weighted by atomic mass is 35.5. The van der Waals surface area contributed by atoms with Gasteiger partial charge in [-0.3, -0.25) is 9.59 Å². The van der Waals surface area contributed by atoms with Crippen molar-refractivity contribution in [2.24, 2.45) is 0 Å². The fraction of sp³-hybridized carbons (Fsp3) is 0.105. The summed E-state index contributed by atoms with van der Waals surface area (Å²) in [5, 5.41) is 3.31. The molecule has 1 N–H and O–H groups in total. The number of halogens is 2. The number of ether oxygens (including phenoxy) is 1. The van der Waals surface area contributed by atoms with Crippen molar-refractivity contribution in [3.63, 3.8) is 0 Å². The van der Waals surface area contributed by atoms with Gasteiger partial charge in [0, 0.05) is 6.07 Å². The summed E-state index contributed by atoms with van der Waals surface area (Å²) in [5.74, 6) is -1.84. The predicted molar refractivity (Wildman–Crippen MR) is 102 cm³/mol. The van der Waals surface area contributed by atoms with Gasteiger partial charge in [-0.15, -0.1) is 0 Å². The summed E-state index contributed by atoms with van der Waals surface area (Å²) in [6, 6.07) is 12.3. The van der Waals surface area contributed by atoms with Gasteiger partial charge in [-0.25, -0.2) is 4.79 Å². The number of nitrogens with one attached hydrogen (secondary N) is 1. The topological polar surface area (TPSA) is 85.6 Å². The number of fused-ring (bicyclic) bond motifs is 1. The Morgan fingerprint density at radius 3 is 2.63 bits per heavy atom. The molecular formula is C19H13Cl2NO5. The number of para-hydroxylation sites is 1. The molecule has 138 valence electrons. The van der Waals surface area contributed by atoms with Gasteiger partial charge in [0.1, 0.15) is 5.58 Å². The van der Waals surface area contributed by atoms with Crippen LogP contribution in [-0.2, 0) is 9.53 Å². The van der Waals surface area contributed by atoms with Crippen molar-refractivity contribution in [2.75, 3.05) is 5.32 Å². The molecule has 27 heavy (non-hydrogen) atoms. The van der Waals surface area contributed by atoms with Gasteiger partial charge in [0.25, 0.3) is 5.91 Å². The molecule has 2 aromatic carbocycles. The van der Waals surface area contributed by atoms with Crippen LogP contribution >= 0.6 is 23.2 Å². The molecule has 6 nitrogen and oxygen atoms in total. The van der Waals surface area contributed by atoms with Crippen LogP contribution in [0.1, 0.15) is 17.5 Å². The van der Waals surface area contributed by atoms with E-state index < -0.39 is 18.0 Å². The maximum Gasteiger partial charge on any atom is 0.375 e. The third kappa shape index (κ3) is 4.13. The van der Waals surface area contributed by atoms with E-state index in [1.165, 1.54) is 6.92 Å². The van der Waals surface area contributed by atoms with Crippen LogP contribution in [0.25, 0.3) is 11.0 Å². The van der Waals surface area contributed by atoms with Gasteiger partial charge in [0.15, 0.2) is 11.5 Å². The molecule has 0 spiro atoms. The Balaban J connectivity index is 1.74. The Kier molecular flexibility index (Phi) is 5.48. The van der Waals surface area contributed by atoms with Crippen molar-refractivity contribution in [1.82, 2.24) is 0 Å². The van der Waals surface area contributed by atoms with Crippen LogP contribution in [0.4, 0.5) is 5.69 Å². The summed E-state index contributed by atoms with van der Waals surface area (Å²) in [5.41, 5.74) is 0.153. The molecule has 1 aromatic heterocycles. The number of rotatable bonds is 4. The van der Waals surface area contributed by atoms with Crippen molar-refractivity contribution in [2.45, 2.75) is 13.0 Å². The Morgan fingerprint density at radius 2 is 1.85 bits per heavy atom. The van der Waals surface area contributed by atoms with E-state index in [-0.39, 0.29) is 32.5 Å². The van der Waals surface area contributed by atoms with Crippen molar-refractivity contribution in [3.05, 3.63) is 74.6 Å². The zero-order chi connectivity index (χ0) is 19.6. The second-order valence-corrected chi connectivity index (χ2v) is 6.39. The molecule has 0 aliphatic heterocycles. The fourth-order valence-electron chi connectivity index (χ4n) is 2.31. The Bertz CT molecular complexity index is 1090. The van der Waals surface area contributed by atoms with Crippen molar-refractivity contribution < 1.29 is 18.7 Å². The molecular weight excluding hydrogens is 393 g/mol. The van der Waals surface area contributed by atoms with E-state index in [4.69, 9.17) is 32.4 Å². The minimum atomic E-state index is -1.16. The summed E-state index contributed by atoms with van der Waals surface area (Å²) in [4.78, 5) is 36.5. The summed E-state index contributed by atoms with van der Waals surface area (Å²) in [6.45, 7) is 1.38. The van der Waals surface area contributed by atoms with Crippen LogP contribution < -0.4 is 10.7 Å². The largest absolute Gasteiger partial charge is 0.449 e. The summed E-state index contributed by atoms with van der Waals surface area (Å²) < 4.78 is 10.5. The van der Waals surface area contributed by atoms with E-state index in [0.717, 1.165) is 6.07 Å². The first-order chi connectivity index (χ1) is 12.9. The maximum atomic E-state index is 12.2. The van der Waals surface area contributed by atoms with Crippen molar-refractivity contribution >= 4 is 51.7 Å². The molecule has 0 aliphatic rings. The van der Waals surface area contributed by atoms with E-state index in [1.54, 1.807) is 42.5 Å². The lowest BCUT2D eigenvalue weighted by Gasteiger charge is -2.14. The van der Waals surface area contributed by atoms with Gasteiger partial charge in [-0.1, -0.05) is 41.4 Å². The summed E-state index contributed by atoms with van der Waals surface area (Å²) in [7, 11) is 0. The van der Waals surface area contributed by atoms with Gasteiger partial charge in [-0.2, -0.15) is 0 Å². The van der Waals surface area contributed by atoms with Crippen LogP contribution in [0, 0.1) is 0 Å². The Morgan fingerprint density at radius 1 is 1.11 bits per heavy atom. The first-order valence-electron chi connectivity index (χ1n) is 7.85. The average Bonchev–Trinajstić information content (AvgIpc) is 2.65. The molecule has 3 aromatic rings. The zero-order valence-corrected chi connectivity index (χ0v) is 15.5. The highest BCUT2D eigenvalue weighted by molar-refractivity contribution is 6.44. The van der Waals surface area contributed by atoms with E-state index in [2.05, 4.69) is 5.32 Å². The maximum absolute atomic E-state index is 12.2. The third-order valence-corrected chi connectivity index (χ3v) is 4.52. The van der Waals surface area contributed by atoms with Crippen LogP contribution in [0.15, 0.2) is 57.7 Å². The lowest BCUT2D eigenvalue weighted by molar-refractivity contribution is -0.123. The first-order valence-corrected chi connectivity index (χ1v) is 8.61. The zero-order valence-electron chi connectivity index (χ0n) is 14.0. The Hall–Kier alpha value is -2.83.